The second kappa shape index (κ2) is 19.6. The fraction of sp³-hybridized carbons (Fsp3) is 0.579. The highest BCUT2D eigenvalue weighted by Crippen LogP contribution is 2.34. The Morgan fingerprint density at radius 1 is 0.880 bits per heavy atom. The van der Waals surface area contributed by atoms with Gasteiger partial charge < -0.3 is 15.2 Å². The summed E-state index contributed by atoms with van der Waals surface area (Å²) in [6, 6.07) is 10.8. The highest BCUT2D eigenvalue weighted by molar-refractivity contribution is 7.86. The molecular formula is C38H55N3O8S. The summed E-state index contributed by atoms with van der Waals surface area (Å²) in [4.78, 5) is 37.1. The van der Waals surface area contributed by atoms with Crippen LogP contribution in [0.2, 0.25) is 0 Å². The first kappa shape index (κ1) is 40.7. The SMILES string of the molecule is CCCCCCCCCCCCCCCCC(C(=O)O)C(=O)NC1=NN(c2ccc(Oc3ccc(C(C)(C)C)cc3)c(S(=O)(=O)O)c2)C(=O)C1. The van der Waals surface area contributed by atoms with Crippen LogP contribution in [0.1, 0.15) is 136 Å². The average molecular weight is 714 g/mol. The zero-order chi connectivity index (χ0) is 36.7. The number of carboxylic acids is 1. The quantitative estimate of drug-likeness (QED) is 0.0657. The molecule has 1 heterocycles. The molecule has 276 valence electrons. The molecule has 0 spiro atoms. The Bertz CT molecular complexity index is 1570. The second-order valence-corrected chi connectivity index (χ2v) is 15.6. The van der Waals surface area contributed by atoms with Gasteiger partial charge in [0.15, 0.2) is 0 Å². The number of carboxylic acid groups (broad SMARTS) is 1. The smallest absolute Gasteiger partial charge is 0.316 e. The number of hydrogen-bond donors (Lipinski definition) is 3. The van der Waals surface area contributed by atoms with Crippen molar-refractivity contribution in [3.63, 3.8) is 0 Å². The maximum absolute atomic E-state index is 12.9. The summed E-state index contributed by atoms with van der Waals surface area (Å²) in [5.41, 5.74) is 0.966. The van der Waals surface area contributed by atoms with E-state index < -0.39 is 38.7 Å². The van der Waals surface area contributed by atoms with Gasteiger partial charge in [0.25, 0.3) is 16.0 Å². The Labute approximate surface area is 297 Å². The van der Waals surface area contributed by atoms with Gasteiger partial charge >= 0.3 is 5.97 Å². The molecule has 50 heavy (non-hydrogen) atoms. The summed E-state index contributed by atoms with van der Waals surface area (Å²) in [6.07, 6.45) is 16.2. The number of carbonyl (C=O) groups excluding carboxylic acids is 2. The molecule has 2 aromatic carbocycles. The Morgan fingerprint density at radius 3 is 1.92 bits per heavy atom. The third-order valence-electron chi connectivity index (χ3n) is 8.90. The number of carbonyl (C=O) groups is 3. The Balaban J connectivity index is 1.51. The van der Waals surface area contributed by atoms with E-state index in [-0.39, 0.29) is 35.5 Å². The third-order valence-corrected chi connectivity index (χ3v) is 9.78. The van der Waals surface area contributed by atoms with E-state index in [9.17, 15) is 32.5 Å². The lowest BCUT2D eigenvalue weighted by Gasteiger charge is -2.19. The van der Waals surface area contributed by atoms with Gasteiger partial charge in [0.2, 0.25) is 5.91 Å². The van der Waals surface area contributed by atoms with Gasteiger partial charge in [-0.2, -0.15) is 18.5 Å². The fourth-order valence-electron chi connectivity index (χ4n) is 5.90. The molecular weight excluding hydrogens is 658 g/mol. The number of amidine groups is 1. The van der Waals surface area contributed by atoms with Crippen molar-refractivity contribution in [2.24, 2.45) is 11.0 Å². The van der Waals surface area contributed by atoms with Crippen LogP contribution >= 0.6 is 0 Å². The number of hydrazone groups is 1. The predicted molar refractivity (Wildman–Crippen MR) is 195 cm³/mol. The zero-order valence-electron chi connectivity index (χ0n) is 30.1. The normalized spacial score (nSPS) is 14.1. The van der Waals surface area contributed by atoms with Crippen molar-refractivity contribution >= 4 is 39.4 Å². The van der Waals surface area contributed by atoms with E-state index in [1.165, 1.54) is 69.9 Å². The molecule has 0 aromatic heterocycles. The van der Waals surface area contributed by atoms with Crippen molar-refractivity contribution in [1.82, 2.24) is 5.32 Å². The number of hydrogen-bond acceptors (Lipinski definition) is 7. The van der Waals surface area contributed by atoms with Crippen LogP contribution in [0.15, 0.2) is 52.5 Å². The molecule has 1 unspecified atom stereocenters. The zero-order valence-corrected chi connectivity index (χ0v) is 30.9. The fourth-order valence-corrected chi connectivity index (χ4v) is 6.54. The topological polar surface area (TPSA) is 163 Å². The lowest BCUT2D eigenvalue weighted by atomic mass is 9.87. The van der Waals surface area contributed by atoms with Gasteiger partial charge in [-0.05, 0) is 47.7 Å². The standard InChI is InChI=1S/C38H55N3O8S/c1-5-6-7-8-9-10-11-12-13-14-15-16-17-18-19-31(37(44)45)36(43)39-34-27-35(42)41(40-34)29-22-25-32(33(26-29)50(46,47)48)49-30-23-20-28(21-24-30)38(2,3)4/h20-26,31H,5-19,27H2,1-4H3,(H,44,45)(H,39,40,43)(H,46,47,48). The first-order valence-corrected chi connectivity index (χ1v) is 19.5. The molecule has 12 heteroatoms. The molecule has 3 N–H and O–H groups in total. The molecule has 2 aromatic rings. The minimum Gasteiger partial charge on any atom is -0.481 e. The molecule has 0 saturated heterocycles. The van der Waals surface area contributed by atoms with Gasteiger partial charge in [-0.15, -0.1) is 0 Å². The highest BCUT2D eigenvalue weighted by Gasteiger charge is 2.32. The van der Waals surface area contributed by atoms with Crippen LogP contribution in [0.3, 0.4) is 0 Å². The molecule has 0 bridgehead atoms. The molecule has 11 nitrogen and oxygen atoms in total. The van der Waals surface area contributed by atoms with Crippen LogP contribution < -0.4 is 15.1 Å². The van der Waals surface area contributed by atoms with E-state index in [0.717, 1.165) is 42.3 Å². The molecule has 0 radical (unpaired) electrons. The Kier molecular flexibility index (Phi) is 15.9. The van der Waals surface area contributed by atoms with Crippen molar-refractivity contribution < 1.29 is 37.2 Å². The van der Waals surface area contributed by atoms with Gasteiger partial charge in [-0.3, -0.25) is 18.9 Å². The minimum atomic E-state index is -4.78. The number of benzene rings is 2. The summed E-state index contributed by atoms with van der Waals surface area (Å²) in [5.74, 6) is -3.75. The number of anilines is 1. The lowest BCUT2D eigenvalue weighted by Crippen LogP contribution is -2.38. The predicted octanol–water partition coefficient (Wildman–Crippen LogP) is 8.76. The number of aliphatic carboxylic acids is 1. The van der Waals surface area contributed by atoms with E-state index in [4.69, 9.17) is 4.74 Å². The largest absolute Gasteiger partial charge is 0.481 e. The van der Waals surface area contributed by atoms with E-state index in [1.54, 1.807) is 12.1 Å². The molecule has 2 amide bonds. The molecule has 1 aliphatic rings. The van der Waals surface area contributed by atoms with Crippen LogP contribution in [0.4, 0.5) is 5.69 Å². The lowest BCUT2D eigenvalue weighted by molar-refractivity contribution is -0.146. The van der Waals surface area contributed by atoms with Crippen LogP contribution in [0, 0.1) is 5.92 Å². The van der Waals surface area contributed by atoms with Gasteiger partial charge in [0.1, 0.15) is 28.1 Å². The van der Waals surface area contributed by atoms with Crippen molar-refractivity contribution in [3.8, 4) is 11.5 Å². The molecule has 0 fully saturated rings. The number of rotatable bonds is 21. The average Bonchev–Trinajstić information content (AvgIpc) is 3.41. The minimum absolute atomic E-state index is 0.0134. The molecule has 0 aliphatic carbocycles. The van der Waals surface area contributed by atoms with Crippen LogP contribution in [0.25, 0.3) is 0 Å². The summed E-state index contributed by atoms with van der Waals surface area (Å²) in [6.45, 7) is 8.41. The summed E-state index contributed by atoms with van der Waals surface area (Å²) < 4.78 is 40.3. The number of amides is 2. The highest BCUT2D eigenvalue weighted by atomic mass is 32.2. The summed E-state index contributed by atoms with van der Waals surface area (Å²) >= 11 is 0. The number of ether oxygens (including phenoxy) is 1. The van der Waals surface area contributed by atoms with Gasteiger partial charge in [0, 0.05) is 0 Å². The maximum Gasteiger partial charge on any atom is 0.316 e. The molecule has 3 rings (SSSR count). The van der Waals surface area contributed by atoms with Gasteiger partial charge in [-0.25, -0.2) is 0 Å². The summed E-state index contributed by atoms with van der Waals surface area (Å²) in [5, 5.41) is 17.2. The van der Waals surface area contributed by atoms with E-state index in [2.05, 4.69) is 38.1 Å². The number of nitrogens with one attached hydrogen (secondary N) is 1. The van der Waals surface area contributed by atoms with E-state index in [1.807, 2.05) is 12.1 Å². The first-order valence-electron chi connectivity index (χ1n) is 18.0. The van der Waals surface area contributed by atoms with Gasteiger partial charge in [0.05, 0.1) is 12.1 Å². The van der Waals surface area contributed by atoms with E-state index in [0.29, 0.717) is 12.2 Å². The number of unbranched alkanes of at least 4 members (excludes halogenated alkanes) is 13. The van der Waals surface area contributed by atoms with Crippen molar-refractivity contribution in [2.75, 3.05) is 5.01 Å². The van der Waals surface area contributed by atoms with E-state index >= 15 is 0 Å². The Hall–Kier alpha value is -3.77. The monoisotopic (exact) mass is 713 g/mol. The molecule has 1 atom stereocenters. The van der Waals surface area contributed by atoms with Gasteiger partial charge in [-0.1, -0.05) is 130 Å². The number of nitrogens with zero attached hydrogens (tertiary/aromatic N) is 2. The third kappa shape index (κ3) is 13.2. The molecule has 0 saturated carbocycles. The van der Waals surface area contributed by atoms with Crippen molar-refractivity contribution in [2.45, 2.75) is 141 Å². The van der Waals surface area contributed by atoms with Crippen LogP contribution in [-0.4, -0.2) is 41.7 Å². The van der Waals surface area contributed by atoms with Crippen molar-refractivity contribution in [3.05, 3.63) is 48.0 Å². The second-order valence-electron chi connectivity index (χ2n) is 14.2. The van der Waals surface area contributed by atoms with Crippen LogP contribution in [-0.2, 0) is 29.9 Å². The van der Waals surface area contributed by atoms with Crippen LogP contribution in [0.5, 0.6) is 11.5 Å². The Morgan fingerprint density at radius 2 is 1.42 bits per heavy atom. The maximum atomic E-state index is 12.9. The first-order chi connectivity index (χ1) is 23.7. The summed E-state index contributed by atoms with van der Waals surface area (Å²) in [7, 11) is -4.78. The molecule has 1 aliphatic heterocycles. The van der Waals surface area contributed by atoms with Crippen molar-refractivity contribution in [1.29, 1.82) is 0 Å².